The molecule has 1 unspecified atom stereocenters. The van der Waals surface area contributed by atoms with Crippen molar-refractivity contribution in [3.63, 3.8) is 0 Å². The van der Waals surface area contributed by atoms with Crippen LogP contribution >= 0.6 is 0 Å². The average molecular weight is 1150 g/mol. The van der Waals surface area contributed by atoms with E-state index in [2.05, 4.69) is 50.4 Å². The molecule has 24 heteroatoms. The van der Waals surface area contributed by atoms with Gasteiger partial charge in [0.1, 0.15) is 6.04 Å². The fraction of sp³-hybridized carbons (Fsp3) is 0.552. The number of nitrogens with one attached hydrogen (secondary N) is 2. The molecule has 2 saturated carbocycles. The molecule has 82 heavy (non-hydrogen) atoms. The van der Waals surface area contributed by atoms with Crippen molar-refractivity contribution in [2.45, 2.75) is 106 Å². The maximum Gasteiger partial charge on any atom is 0.270 e. The monoisotopic (exact) mass is 1140 g/mol. The quantitative estimate of drug-likeness (QED) is 0.144. The van der Waals surface area contributed by atoms with Crippen molar-refractivity contribution in [3.8, 4) is 23.0 Å². The zero-order chi connectivity index (χ0) is 53.6. The Bertz CT molecular complexity index is 2940. The van der Waals surface area contributed by atoms with Crippen molar-refractivity contribution >= 4 is 40.8 Å². The molecule has 0 radical (unpaired) electrons. The number of amides is 3. The summed E-state index contributed by atoms with van der Waals surface area (Å²) in [6, 6.07) is 13.8. The number of carboxylic acid groups (broad SMARTS) is 1. The predicted octanol–water partition coefficient (Wildman–Crippen LogP) is -1.22. The third kappa shape index (κ3) is 8.57. The van der Waals surface area contributed by atoms with Crippen molar-refractivity contribution in [1.82, 2.24) is 10.2 Å². The number of quaternary nitrogens is 1. The van der Waals surface area contributed by atoms with Crippen LogP contribution in [0.5, 0.6) is 23.0 Å². The molecule has 0 aromatic heterocycles. The summed E-state index contributed by atoms with van der Waals surface area (Å²) in [7, 11) is 6.73. The molecule has 3 aromatic rings. The highest BCUT2D eigenvalue weighted by atomic mass is 16.6. The molecule has 24 nitrogen and oxygen atoms in total. The third-order valence-electron chi connectivity index (χ3n) is 20.3. The van der Waals surface area contributed by atoms with Crippen LogP contribution in [0.2, 0.25) is 0 Å². The lowest BCUT2D eigenvalue weighted by Crippen LogP contribution is -3.16. The number of aliphatic carboxylic acids is 1. The molecule has 8 fully saturated rings. The lowest BCUT2D eigenvalue weighted by molar-refractivity contribution is -0.916. The lowest BCUT2D eigenvalue weighted by Gasteiger charge is -2.58. The molecule has 12 N–H and O–H groups in total. The lowest BCUT2D eigenvalue weighted by atomic mass is 9.53. The zero-order valence-electron chi connectivity index (χ0n) is 46.8. The molecule has 6 saturated heterocycles. The van der Waals surface area contributed by atoms with Gasteiger partial charge in [-0.2, -0.15) is 0 Å². The summed E-state index contributed by atoms with van der Waals surface area (Å²) in [6.45, 7) is 9.03. The number of carboxylic acids is 1. The number of carbonyl (C=O) groups excluding carboxylic acids is 4. The van der Waals surface area contributed by atoms with Crippen LogP contribution in [0.4, 0.5) is 17.1 Å². The van der Waals surface area contributed by atoms with Gasteiger partial charge in [0, 0.05) is 72.5 Å². The molecule has 2 spiro atoms. The smallest absolute Gasteiger partial charge is 0.270 e. The van der Waals surface area contributed by atoms with E-state index >= 15 is 0 Å². The Balaban J connectivity index is 0.000000160. The summed E-state index contributed by atoms with van der Waals surface area (Å²) in [5.74, 6) is 2.77. The van der Waals surface area contributed by atoms with Crippen molar-refractivity contribution in [2.75, 3.05) is 77.6 Å². The molecule has 12 aliphatic rings. The number of nitro benzene ring substituents is 1. The second-order valence-electron chi connectivity index (χ2n) is 23.4. The van der Waals surface area contributed by atoms with Gasteiger partial charge in [-0.3, -0.25) is 29.4 Å². The number of hydrogen-bond donors (Lipinski definition) is 2. The number of benzene rings is 3. The van der Waals surface area contributed by atoms with E-state index < -0.39 is 22.8 Å². The number of non-ortho nitro benzene ring substituents is 1. The summed E-state index contributed by atoms with van der Waals surface area (Å²) in [6.07, 6.45) is 10.3. The van der Waals surface area contributed by atoms with Crippen molar-refractivity contribution in [2.24, 2.45) is 29.6 Å². The molecule has 15 rings (SSSR count). The van der Waals surface area contributed by atoms with Gasteiger partial charge in [-0.25, -0.2) is 0 Å². The minimum absolute atomic E-state index is 0. The highest BCUT2D eigenvalue weighted by Crippen LogP contribution is 2.67. The number of nitro groups is 1. The highest BCUT2D eigenvalue weighted by Gasteiger charge is 2.74. The molecule has 14 atom stereocenters. The largest absolute Gasteiger partial charge is 0.548 e. The van der Waals surface area contributed by atoms with Crippen LogP contribution in [-0.2, 0) is 34.7 Å². The minimum Gasteiger partial charge on any atom is -0.548 e. The van der Waals surface area contributed by atoms with Crippen molar-refractivity contribution < 1.29 is 89.9 Å². The van der Waals surface area contributed by atoms with Gasteiger partial charge in [-0.1, -0.05) is 37.6 Å². The number of ether oxygens (including phenoxy) is 6. The van der Waals surface area contributed by atoms with Crippen LogP contribution in [0.15, 0.2) is 71.8 Å². The number of fused-ring (bicyclic) bond motifs is 4. The van der Waals surface area contributed by atoms with Gasteiger partial charge in [0.05, 0.1) is 126 Å². The fourth-order valence-electron chi connectivity index (χ4n) is 17.4. The summed E-state index contributed by atoms with van der Waals surface area (Å²) in [4.78, 5) is 68.2. The van der Waals surface area contributed by atoms with E-state index in [1.54, 1.807) is 58.3 Å². The van der Waals surface area contributed by atoms with Crippen LogP contribution < -0.4 is 44.1 Å². The Morgan fingerprint density at radius 2 is 1.28 bits per heavy atom. The van der Waals surface area contributed by atoms with Crippen LogP contribution in [0.3, 0.4) is 0 Å². The van der Waals surface area contributed by atoms with Crippen molar-refractivity contribution in [1.29, 1.82) is 0 Å². The Morgan fingerprint density at radius 1 is 0.744 bits per heavy atom. The summed E-state index contributed by atoms with van der Waals surface area (Å²) < 4.78 is 35.2. The van der Waals surface area contributed by atoms with Crippen molar-refractivity contribution in [3.05, 3.63) is 98.6 Å². The second-order valence-corrected chi connectivity index (χ2v) is 23.4. The molecular weight excluding hydrogens is 1070 g/mol. The molecule has 3 aromatic carbocycles. The zero-order valence-corrected chi connectivity index (χ0v) is 46.8. The number of carbonyl (C=O) groups is 4. The van der Waals surface area contributed by atoms with Crippen LogP contribution in [0.25, 0.3) is 0 Å². The van der Waals surface area contributed by atoms with Crippen LogP contribution in [0, 0.1) is 39.7 Å². The Kier molecular flexibility index (Phi) is 16.8. The summed E-state index contributed by atoms with van der Waals surface area (Å²) in [5.41, 5.74) is 7.61. The molecule has 446 valence electrons. The number of piperidine rings is 4. The van der Waals surface area contributed by atoms with Gasteiger partial charge in [0.2, 0.25) is 11.8 Å². The van der Waals surface area contributed by atoms with Gasteiger partial charge in [0.15, 0.2) is 23.0 Å². The standard InChI is InChI=1S/2C23H26N2O4.C12H14N2O5.5H2O/c2*1-27-16-8-14-15(9-17(16)28-2)25-20(26)10-18-21-13-7-19-23(14,22(21)25)4-5-24(19)11-12(13)3-6-29-18;1-7(2)10(12(16)17)13-11(15)8-4-3-5-9(6-8)14(18)19;;;;;/h2*3,8-9,13,18-19,21-22H,4-7,10-11H2,1-2H3;3-7,10H,1-2H3,(H,13,15)(H,16,17);5*1H2/t2*13-,18-,19-,21-,22-,23+;10-;;;;;/m000...../s1. The molecule has 10 aliphatic heterocycles. The van der Waals surface area contributed by atoms with E-state index in [0.29, 0.717) is 73.3 Å². The number of anilines is 2. The van der Waals surface area contributed by atoms with Gasteiger partial charge < -0.3 is 85.7 Å². The van der Waals surface area contributed by atoms with E-state index in [1.165, 1.54) is 48.7 Å². The maximum atomic E-state index is 13.5. The highest BCUT2D eigenvalue weighted by molar-refractivity contribution is 6.01. The first-order valence-corrected chi connectivity index (χ1v) is 27.3. The van der Waals surface area contributed by atoms with E-state index in [0.717, 1.165) is 61.4 Å². The normalized spacial score (nSPS) is 32.5. The molecular formula is C58H76N6O18. The van der Waals surface area contributed by atoms with E-state index in [9.17, 15) is 34.4 Å². The summed E-state index contributed by atoms with van der Waals surface area (Å²) in [5, 5.41) is 23.7. The Hall–Kier alpha value is -6.74. The van der Waals surface area contributed by atoms with Gasteiger partial charge in [-0.05, 0) is 72.0 Å². The van der Waals surface area contributed by atoms with Gasteiger partial charge >= 0.3 is 0 Å². The summed E-state index contributed by atoms with van der Waals surface area (Å²) >= 11 is 0. The van der Waals surface area contributed by atoms with Crippen LogP contribution in [0.1, 0.15) is 73.9 Å². The first-order valence-electron chi connectivity index (χ1n) is 27.3. The SMILES string of the molecule is CC(C)[C@H](NC(=O)c1cccc([N+](=O)[O-])c1)C(=O)[O-].COc1cc2c(cc1OC)[C@@]13CCN4CC5=CCO[C@H]6CC(=O)N2[C@H]1[C@H]6[C@H]5C[C@H]43.COc1cc2c(cc1OC)[C@@]13CC[NH+]4CC5=CCO[C@H]6CC(=O)N2[C@H]1[C@H]6[C@H]5C[C@H]43.O.O.O.O.O. The predicted molar refractivity (Wildman–Crippen MR) is 294 cm³/mol. The molecule has 4 bridgehead atoms. The first kappa shape index (κ1) is 61.3. The number of methoxy groups -OCH3 is 4. The van der Waals surface area contributed by atoms with E-state index in [1.807, 2.05) is 6.07 Å². The molecule has 3 amide bonds. The third-order valence-corrected chi connectivity index (χ3v) is 20.3. The fourth-order valence-corrected chi connectivity index (χ4v) is 17.4. The minimum atomic E-state index is -1.39. The Morgan fingerprint density at radius 3 is 1.83 bits per heavy atom. The second kappa shape index (κ2) is 22.4. The molecule has 2 aliphatic carbocycles. The number of hydrogen-bond acceptors (Lipinski definition) is 14. The first-order chi connectivity index (χ1) is 37.2. The maximum absolute atomic E-state index is 13.5. The number of rotatable bonds is 9. The van der Waals surface area contributed by atoms with E-state index in [-0.39, 0.29) is 91.5 Å². The van der Waals surface area contributed by atoms with E-state index in [4.69, 9.17) is 28.4 Å². The van der Waals surface area contributed by atoms with Gasteiger partial charge in [-0.15, -0.1) is 0 Å². The van der Waals surface area contributed by atoms with Gasteiger partial charge in [0.25, 0.3) is 11.6 Å². The van der Waals surface area contributed by atoms with Crippen LogP contribution in [-0.4, -0.2) is 171 Å². The topological polar surface area (TPSA) is 374 Å². The Labute approximate surface area is 473 Å². The molecule has 10 heterocycles. The number of nitrogens with zero attached hydrogens (tertiary/aromatic N) is 4. The average Bonchev–Trinajstić information content (AvgIpc) is 1.77.